The molecule has 0 amide bonds. The Morgan fingerprint density at radius 3 is 2.94 bits per heavy atom. The number of hydrogen-bond donors (Lipinski definition) is 1. The van der Waals surface area contributed by atoms with Gasteiger partial charge in [0.2, 0.25) is 0 Å². The second-order valence-electron chi connectivity index (χ2n) is 4.80. The Morgan fingerprint density at radius 2 is 2.29 bits per heavy atom. The summed E-state index contributed by atoms with van der Waals surface area (Å²) in [5, 5.41) is 12.1. The van der Waals surface area contributed by atoms with E-state index in [9.17, 15) is 0 Å². The first-order valence-corrected chi connectivity index (χ1v) is 5.66. The van der Waals surface area contributed by atoms with Crippen molar-refractivity contribution in [3.05, 3.63) is 24.0 Å². The average Bonchev–Trinajstić information content (AvgIpc) is 2.34. The number of methoxy groups -OCH3 is 1. The van der Waals surface area contributed by atoms with E-state index in [1.54, 1.807) is 19.4 Å². The standard InChI is InChI=1S/C13H19N3O/c1-13(2,5-7-17-3)10-16-11-4-6-15-12(8-11)9-14/h4,6,8H,5,7,10H2,1-3H3,(H,15,16). The van der Waals surface area contributed by atoms with Gasteiger partial charge in [0.25, 0.3) is 0 Å². The van der Waals surface area contributed by atoms with Crippen molar-refractivity contribution in [3.8, 4) is 6.07 Å². The molecule has 92 valence electrons. The molecular weight excluding hydrogens is 214 g/mol. The second kappa shape index (κ2) is 6.21. The molecule has 0 spiro atoms. The number of nitriles is 1. The maximum absolute atomic E-state index is 8.75. The fourth-order valence-corrected chi connectivity index (χ4v) is 1.41. The topological polar surface area (TPSA) is 57.9 Å². The number of aromatic nitrogens is 1. The van der Waals surface area contributed by atoms with Crippen LogP contribution in [0.4, 0.5) is 5.69 Å². The molecule has 0 fully saturated rings. The lowest BCUT2D eigenvalue weighted by Gasteiger charge is -2.25. The highest BCUT2D eigenvalue weighted by Gasteiger charge is 2.17. The Morgan fingerprint density at radius 1 is 1.53 bits per heavy atom. The van der Waals surface area contributed by atoms with Gasteiger partial charge in [-0.25, -0.2) is 4.98 Å². The van der Waals surface area contributed by atoms with Gasteiger partial charge < -0.3 is 10.1 Å². The Bertz CT molecular complexity index is 396. The van der Waals surface area contributed by atoms with Crippen molar-refractivity contribution in [2.45, 2.75) is 20.3 Å². The third-order valence-corrected chi connectivity index (χ3v) is 2.63. The molecule has 1 N–H and O–H groups in total. The van der Waals surface area contributed by atoms with E-state index in [0.717, 1.165) is 25.3 Å². The molecule has 17 heavy (non-hydrogen) atoms. The number of rotatable bonds is 6. The zero-order valence-corrected chi connectivity index (χ0v) is 10.7. The summed E-state index contributed by atoms with van der Waals surface area (Å²) in [6, 6.07) is 5.65. The van der Waals surface area contributed by atoms with E-state index in [1.165, 1.54) is 0 Å². The molecule has 4 nitrogen and oxygen atoms in total. The van der Waals surface area contributed by atoms with Crippen LogP contribution in [0.3, 0.4) is 0 Å². The molecule has 4 heteroatoms. The number of hydrogen-bond acceptors (Lipinski definition) is 4. The van der Waals surface area contributed by atoms with Crippen molar-refractivity contribution in [1.82, 2.24) is 4.98 Å². The Kier molecular flexibility index (Phi) is 4.92. The Balaban J connectivity index is 2.52. The lowest BCUT2D eigenvalue weighted by Crippen LogP contribution is -2.24. The largest absolute Gasteiger partial charge is 0.385 e. The monoisotopic (exact) mass is 233 g/mol. The first-order valence-electron chi connectivity index (χ1n) is 5.66. The summed E-state index contributed by atoms with van der Waals surface area (Å²) in [4.78, 5) is 3.93. The molecule has 0 aromatic carbocycles. The first kappa shape index (κ1) is 13.5. The summed E-state index contributed by atoms with van der Waals surface area (Å²) in [7, 11) is 1.71. The molecule has 0 aliphatic heterocycles. The molecular formula is C13H19N3O. The smallest absolute Gasteiger partial charge is 0.142 e. The van der Waals surface area contributed by atoms with Gasteiger partial charge in [0.15, 0.2) is 0 Å². The Labute approximate surface area is 103 Å². The van der Waals surface area contributed by atoms with Crippen LogP contribution in [0, 0.1) is 16.7 Å². The van der Waals surface area contributed by atoms with Gasteiger partial charge in [-0.1, -0.05) is 13.8 Å². The summed E-state index contributed by atoms with van der Waals surface area (Å²) < 4.78 is 5.09. The molecule has 1 aromatic rings. The van der Waals surface area contributed by atoms with E-state index in [2.05, 4.69) is 24.1 Å². The van der Waals surface area contributed by atoms with E-state index in [4.69, 9.17) is 10.00 Å². The van der Waals surface area contributed by atoms with Crippen molar-refractivity contribution >= 4 is 5.69 Å². The first-order chi connectivity index (χ1) is 8.07. The minimum absolute atomic E-state index is 0.159. The maximum Gasteiger partial charge on any atom is 0.142 e. The lowest BCUT2D eigenvalue weighted by molar-refractivity contribution is 0.157. The van der Waals surface area contributed by atoms with E-state index in [0.29, 0.717) is 5.69 Å². The SMILES string of the molecule is COCCC(C)(C)CNc1ccnc(C#N)c1. The van der Waals surface area contributed by atoms with Gasteiger partial charge in [0, 0.05) is 32.1 Å². The van der Waals surface area contributed by atoms with Crippen LogP contribution >= 0.6 is 0 Å². The molecule has 0 saturated heterocycles. The zero-order valence-electron chi connectivity index (χ0n) is 10.7. The minimum atomic E-state index is 0.159. The van der Waals surface area contributed by atoms with E-state index >= 15 is 0 Å². The van der Waals surface area contributed by atoms with E-state index in [-0.39, 0.29) is 5.41 Å². The third kappa shape index (κ3) is 4.83. The predicted molar refractivity (Wildman–Crippen MR) is 67.7 cm³/mol. The normalized spacial score (nSPS) is 10.9. The number of ether oxygens (including phenoxy) is 1. The van der Waals surface area contributed by atoms with Crippen LogP contribution < -0.4 is 5.32 Å². The maximum atomic E-state index is 8.75. The fraction of sp³-hybridized carbons (Fsp3) is 0.538. The molecule has 0 radical (unpaired) electrons. The van der Waals surface area contributed by atoms with Gasteiger partial charge in [-0.05, 0) is 24.0 Å². The molecule has 0 bridgehead atoms. The summed E-state index contributed by atoms with van der Waals surface area (Å²) in [5.41, 5.74) is 1.53. The van der Waals surface area contributed by atoms with Crippen LogP contribution in [0.15, 0.2) is 18.3 Å². The molecule has 1 heterocycles. The molecule has 0 atom stereocenters. The van der Waals surface area contributed by atoms with Gasteiger partial charge in [-0.3, -0.25) is 0 Å². The number of nitrogens with one attached hydrogen (secondary N) is 1. The highest BCUT2D eigenvalue weighted by Crippen LogP contribution is 2.21. The fourth-order valence-electron chi connectivity index (χ4n) is 1.41. The van der Waals surface area contributed by atoms with Crippen LogP contribution in [0.1, 0.15) is 26.0 Å². The van der Waals surface area contributed by atoms with Crippen molar-refractivity contribution in [2.75, 3.05) is 25.6 Å². The van der Waals surface area contributed by atoms with Crippen LogP contribution in [0.2, 0.25) is 0 Å². The predicted octanol–water partition coefficient (Wildman–Crippen LogP) is 2.43. The van der Waals surface area contributed by atoms with Gasteiger partial charge in [-0.15, -0.1) is 0 Å². The molecule has 1 rings (SSSR count). The van der Waals surface area contributed by atoms with Crippen LogP contribution in [-0.4, -0.2) is 25.2 Å². The third-order valence-electron chi connectivity index (χ3n) is 2.63. The van der Waals surface area contributed by atoms with Crippen molar-refractivity contribution in [2.24, 2.45) is 5.41 Å². The number of nitrogens with zero attached hydrogens (tertiary/aromatic N) is 2. The van der Waals surface area contributed by atoms with Crippen molar-refractivity contribution < 1.29 is 4.74 Å². The summed E-state index contributed by atoms with van der Waals surface area (Å²) in [5.74, 6) is 0. The summed E-state index contributed by atoms with van der Waals surface area (Å²) in [6.07, 6.45) is 2.63. The van der Waals surface area contributed by atoms with Crippen LogP contribution in [0.5, 0.6) is 0 Å². The Hall–Kier alpha value is -1.60. The molecule has 0 aliphatic carbocycles. The van der Waals surface area contributed by atoms with E-state index in [1.807, 2.05) is 12.1 Å². The highest BCUT2D eigenvalue weighted by atomic mass is 16.5. The van der Waals surface area contributed by atoms with Gasteiger partial charge >= 0.3 is 0 Å². The minimum Gasteiger partial charge on any atom is -0.385 e. The van der Waals surface area contributed by atoms with Crippen LogP contribution in [0.25, 0.3) is 0 Å². The quantitative estimate of drug-likeness (QED) is 0.819. The van der Waals surface area contributed by atoms with Gasteiger partial charge in [0.1, 0.15) is 11.8 Å². The lowest BCUT2D eigenvalue weighted by atomic mass is 9.89. The summed E-state index contributed by atoms with van der Waals surface area (Å²) >= 11 is 0. The van der Waals surface area contributed by atoms with Gasteiger partial charge in [-0.2, -0.15) is 5.26 Å². The second-order valence-corrected chi connectivity index (χ2v) is 4.80. The highest BCUT2D eigenvalue weighted by molar-refractivity contribution is 5.45. The van der Waals surface area contributed by atoms with Crippen molar-refractivity contribution in [1.29, 1.82) is 5.26 Å². The molecule has 1 aromatic heterocycles. The van der Waals surface area contributed by atoms with Gasteiger partial charge in [0.05, 0.1) is 0 Å². The van der Waals surface area contributed by atoms with Crippen LogP contribution in [-0.2, 0) is 4.74 Å². The summed E-state index contributed by atoms with van der Waals surface area (Å²) in [6.45, 7) is 5.97. The van der Waals surface area contributed by atoms with E-state index < -0.39 is 0 Å². The average molecular weight is 233 g/mol. The number of pyridine rings is 1. The molecule has 0 aliphatic rings. The molecule has 0 saturated carbocycles. The zero-order chi connectivity index (χ0) is 12.7. The number of anilines is 1. The van der Waals surface area contributed by atoms with Crippen molar-refractivity contribution in [3.63, 3.8) is 0 Å². The molecule has 0 unspecified atom stereocenters.